The van der Waals surface area contributed by atoms with E-state index in [1.165, 1.54) is 0 Å². The number of carboxylic acids is 1. The first kappa shape index (κ1) is 11.4. The maximum Gasteiger partial charge on any atom is 0.307 e. The maximum absolute atomic E-state index is 11.2. The van der Waals surface area contributed by atoms with Gasteiger partial charge in [0.1, 0.15) is 0 Å². The molecule has 0 saturated carbocycles. The van der Waals surface area contributed by atoms with Gasteiger partial charge in [-0.05, 0) is 24.5 Å². The van der Waals surface area contributed by atoms with Crippen LogP contribution in [0.1, 0.15) is 24.3 Å². The molecule has 0 aromatic heterocycles. The highest BCUT2D eigenvalue weighted by Gasteiger charge is 2.30. The molecule has 16 heavy (non-hydrogen) atoms. The van der Waals surface area contributed by atoms with Crippen molar-refractivity contribution >= 4 is 21.9 Å². The Morgan fingerprint density at radius 2 is 1.94 bits per heavy atom. The molecule has 2 nitrogen and oxygen atoms in total. The minimum Gasteiger partial charge on any atom is -0.481 e. The van der Waals surface area contributed by atoms with E-state index in [1.807, 2.05) is 30.3 Å². The number of allylic oxidation sites excluding steroid dienone is 2. The predicted molar refractivity (Wildman–Crippen MR) is 66.4 cm³/mol. The van der Waals surface area contributed by atoms with Crippen molar-refractivity contribution in [2.24, 2.45) is 5.92 Å². The van der Waals surface area contributed by atoms with Gasteiger partial charge in [0, 0.05) is 10.4 Å². The minimum atomic E-state index is -0.704. The van der Waals surface area contributed by atoms with Gasteiger partial charge < -0.3 is 5.11 Å². The van der Waals surface area contributed by atoms with Crippen LogP contribution in [-0.2, 0) is 4.79 Å². The second kappa shape index (κ2) is 4.83. The molecule has 0 spiro atoms. The van der Waals surface area contributed by atoms with Crippen molar-refractivity contribution in [1.29, 1.82) is 0 Å². The van der Waals surface area contributed by atoms with Gasteiger partial charge in [-0.25, -0.2) is 0 Å². The van der Waals surface area contributed by atoms with Gasteiger partial charge in [-0.15, -0.1) is 0 Å². The van der Waals surface area contributed by atoms with E-state index >= 15 is 0 Å². The van der Waals surface area contributed by atoms with Crippen LogP contribution in [0.4, 0.5) is 0 Å². The topological polar surface area (TPSA) is 37.3 Å². The molecule has 0 heterocycles. The van der Waals surface area contributed by atoms with Crippen molar-refractivity contribution < 1.29 is 9.90 Å². The number of aliphatic carboxylic acids is 1. The number of rotatable bonds is 2. The van der Waals surface area contributed by atoms with Crippen LogP contribution < -0.4 is 0 Å². The zero-order valence-corrected chi connectivity index (χ0v) is 10.4. The van der Waals surface area contributed by atoms with Crippen LogP contribution >= 0.6 is 15.9 Å². The molecule has 2 rings (SSSR count). The van der Waals surface area contributed by atoms with Crippen LogP contribution in [0, 0.1) is 5.92 Å². The van der Waals surface area contributed by atoms with E-state index in [1.54, 1.807) is 0 Å². The third kappa shape index (κ3) is 2.19. The largest absolute Gasteiger partial charge is 0.481 e. The normalized spacial score (nSPS) is 24.3. The lowest BCUT2D eigenvalue weighted by Gasteiger charge is -2.26. The Kier molecular flexibility index (Phi) is 3.44. The molecule has 0 fully saturated rings. The molecule has 1 aromatic carbocycles. The van der Waals surface area contributed by atoms with E-state index in [0.29, 0.717) is 6.42 Å². The van der Waals surface area contributed by atoms with Crippen LogP contribution in [0.25, 0.3) is 0 Å². The summed E-state index contributed by atoms with van der Waals surface area (Å²) in [5, 5.41) is 9.21. The Morgan fingerprint density at radius 1 is 1.25 bits per heavy atom. The molecule has 0 saturated heterocycles. The van der Waals surface area contributed by atoms with Gasteiger partial charge >= 0.3 is 5.97 Å². The van der Waals surface area contributed by atoms with Crippen molar-refractivity contribution in [1.82, 2.24) is 0 Å². The first-order valence-electron chi connectivity index (χ1n) is 5.32. The van der Waals surface area contributed by atoms with Gasteiger partial charge in [-0.3, -0.25) is 4.79 Å². The second-order valence-electron chi connectivity index (χ2n) is 4.02. The zero-order valence-electron chi connectivity index (χ0n) is 8.77. The summed E-state index contributed by atoms with van der Waals surface area (Å²) in [6.45, 7) is 0. The zero-order chi connectivity index (χ0) is 11.5. The quantitative estimate of drug-likeness (QED) is 0.841. The third-order valence-electron chi connectivity index (χ3n) is 3.05. The standard InChI is InChI=1S/C13H13BrO2/c14-12-8-4-3-6-10(12)9-5-1-2-7-11(9)13(15)16/h1-4,6,8-9,11H,5,7H2,(H,15,16)/t9-,11+/m1/s1. The summed E-state index contributed by atoms with van der Waals surface area (Å²) >= 11 is 3.49. The molecule has 0 radical (unpaired) electrons. The smallest absolute Gasteiger partial charge is 0.307 e. The molecule has 1 N–H and O–H groups in total. The fraction of sp³-hybridized carbons (Fsp3) is 0.308. The highest BCUT2D eigenvalue weighted by Crippen LogP contribution is 2.37. The first-order chi connectivity index (χ1) is 7.70. The third-order valence-corrected chi connectivity index (χ3v) is 3.78. The summed E-state index contributed by atoms with van der Waals surface area (Å²) in [5.41, 5.74) is 1.10. The number of carboxylic acid groups (broad SMARTS) is 1. The first-order valence-corrected chi connectivity index (χ1v) is 6.11. The molecule has 84 valence electrons. The number of hydrogen-bond acceptors (Lipinski definition) is 1. The molecule has 1 aliphatic carbocycles. The van der Waals surface area contributed by atoms with Gasteiger partial charge in [0.05, 0.1) is 5.92 Å². The highest BCUT2D eigenvalue weighted by molar-refractivity contribution is 9.10. The Morgan fingerprint density at radius 3 is 2.62 bits per heavy atom. The monoisotopic (exact) mass is 280 g/mol. The number of benzene rings is 1. The van der Waals surface area contributed by atoms with Crippen molar-refractivity contribution in [2.75, 3.05) is 0 Å². The molecule has 1 aliphatic rings. The lowest BCUT2D eigenvalue weighted by Crippen LogP contribution is -2.23. The molecule has 1 aromatic rings. The van der Waals surface area contributed by atoms with E-state index in [9.17, 15) is 9.90 Å². The Hall–Kier alpha value is -1.09. The summed E-state index contributed by atoms with van der Waals surface area (Å²) in [5.74, 6) is -0.924. The summed E-state index contributed by atoms with van der Waals surface area (Å²) in [6, 6.07) is 7.87. The summed E-state index contributed by atoms with van der Waals surface area (Å²) in [4.78, 5) is 11.2. The molecular formula is C13H13BrO2. The van der Waals surface area contributed by atoms with Crippen molar-refractivity contribution in [3.8, 4) is 0 Å². The number of carbonyl (C=O) groups is 1. The fourth-order valence-electron chi connectivity index (χ4n) is 2.21. The van der Waals surface area contributed by atoms with Gasteiger partial charge in [0.25, 0.3) is 0 Å². The summed E-state index contributed by atoms with van der Waals surface area (Å²) < 4.78 is 1.00. The molecule has 0 unspecified atom stereocenters. The molecule has 3 heteroatoms. The average Bonchev–Trinajstić information content (AvgIpc) is 2.29. The Bertz CT molecular complexity index is 426. The number of hydrogen-bond donors (Lipinski definition) is 1. The Labute approximate surface area is 103 Å². The van der Waals surface area contributed by atoms with Crippen molar-refractivity contribution in [3.63, 3.8) is 0 Å². The SMILES string of the molecule is O=C(O)[C@H]1CC=CC[C@@H]1c1ccccc1Br. The van der Waals surface area contributed by atoms with E-state index in [4.69, 9.17) is 0 Å². The van der Waals surface area contributed by atoms with E-state index in [2.05, 4.69) is 22.0 Å². The predicted octanol–water partition coefficient (Wildman–Crippen LogP) is 3.58. The minimum absolute atomic E-state index is 0.0816. The van der Waals surface area contributed by atoms with E-state index in [0.717, 1.165) is 16.5 Å². The van der Waals surface area contributed by atoms with Crippen LogP contribution in [0.3, 0.4) is 0 Å². The fourth-order valence-corrected chi connectivity index (χ4v) is 2.79. The van der Waals surface area contributed by atoms with Crippen LogP contribution in [0.5, 0.6) is 0 Å². The molecular weight excluding hydrogens is 268 g/mol. The van der Waals surface area contributed by atoms with Gasteiger partial charge in [0.2, 0.25) is 0 Å². The van der Waals surface area contributed by atoms with Crippen LogP contribution in [0.2, 0.25) is 0 Å². The van der Waals surface area contributed by atoms with Crippen LogP contribution in [0.15, 0.2) is 40.9 Å². The lowest BCUT2D eigenvalue weighted by molar-refractivity contribution is -0.142. The van der Waals surface area contributed by atoms with Gasteiger partial charge in [-0.1, -0.05) is 46.3 Å². The molecule has 0 aliphatic heterocycles. The highest BCUT2D eigenvalue weighted by atomic mass is 79.9. The summed E-state index contributed by atoms with van der Waals surface area (Å²) in [7, 11) is 0. The van der Waals surface area contributed by atoms with Gasteiger partial charge in [0.15, 0.2) is 0 Å². The second-order valence-corrected chi connectivity index (χ2v) is 4.87. The number of halogens is 1. The lowest BCUT2D eigenvalue weighted by atomic mass is 9.78. The van der Waals surface area contributed by atoms with E-state index < -0.39 is 5.97 Å². The molecule has 0 bridgehead atoms. The van der Waals surface area contributed by atoms with E-state index in [-0.39, 0.29) is 11.8 Å². The summed E-state index contributed by atoms with van der Waals surface area (Å²) in [6.07, 6.45) is 5.47. The Balaban J connectivity index is 2.35. The molecule has 0 amide bonds. The van der Waals surface area contributed by atoms with Crippen LogP contribution in [-0.4, -0.2) is 11.1 Å². The molecule has 2 atom stereocenters. The van der Waals surface area contributed by atoms with Crippen molar-refractivity contribution in [3.05, 3.63) is 46.5 Å². The maximum atomic E-state index is 11.2. The average molecular weight is 281 g/mol. The van der Waals surface area contributed by atoms with Gasteiger partial charge in [-0.2, -0.15) is 0 Å². The van der Waals surface area contributed by atoms with Crippen molar-refractivity contribution in [2.45, 2.75) is 18.8 Å².